The zero-order chi connectivity index (χ0) is 14.2. The van der Waals surface area contributed by atoms with E-state index in [0.29, 0.717) is 0 Å². The maximum Gasteiger partial charge on any atom is 0.416 e. The van der Waals surface area contributed by atoms with E-state index in [1.54, 1.807) is 0 Å². The molecule has 0 radical (unpaired) electrons. The second-order valence-electron chi connectivity index (χ2n) is 4.49. The Morgan fingerprint density at radius 1 is 0.750 bits per heavy atom. The van der Waals surface area contributed by atoms with Gasteiger partial charge in [-0.3, -0.25) is 0 Å². The van der Waals surface area contributed by atoms with Crippen LogP contribution in [-0.4, -0.2) is 0 Å². The molecule has 0 amide bonds. The summed E-state index contributed by atoms with van der Waals surface area (Å²) in [4.78, 5) is 0. The van der Waals surface area contributed by atoms with Crippen molar-refractivity contribution in [3.05, 3.63) is 72.6 Å². The minimum absolute atomic E-state index is 0.630. The molecule has 0 unspecified atom stereocenters. The first kappa shape index (κ1) is 12.7. The van der Waals surface area contributed by atoms with Gasteiger partial charge in [-0.25, -0.2) is 0 Å². The van der Waals surface area contributed by atoms with Crippen LogP contribution in [0.4, 0.5) is 13.2 Å². The van der Waals surface area contributed by atoms with Crippen LogP contribution < -0.4 is 4.40 Å². The van der Waals surface area contributed by atoms with Crippen molar-refractivity contribution < 1.29 is 17.6 Å². The molecule has 0 N–H and O–H groups in total. The highest BCUT2D eigenvalue weighted by Crippen LogP contribution is 2.31. The molecule has 3 aromatic rings. The Hall–Kier alpha value is -2.36. The van der Waals surface area contributed by atoms with Crippen LogP contribution in [0.15, 0.2) is 67.0 Å². The Kier molecular flexibility index (Phi) is 2.93. The number of benzene rings is 1. The summed E-state index contributed by atoms with van der Waals surface area (Å²) in [5.74, 6) is 0. The number of hydrogen-bond acceptors (Lipinski definition) is 0. The van der Waals surface area contributed by atoms with E-state index in [9.17, 15) is 13.2 Å². The third kappa shape index (κ3) is 2.25. The summed E-state index contributed by atoms with van der Waals surface area (Å²) in [6.45, 7) is 0. The zero-order valence-electron chi connectivity index (χ0n) is 10.4. The average Bonchev–Trinajstić information content (AvgIpc) is 2.46. The summed E-state index contributed by atoms with van der Waals surface area (Å²) < 4.78 is 39.7. The number of aromatic nitrogens is 1. The topological polar surface area (TPSA) is 4.10 Å². The van der Waals surface area contributed by atoms with Crippen molar-refractivity contribution in [2.45, 2.75) is 6.18 Å². The largest absolute Gasteiger partial charge is 0.416 e. The van der Waals surface area contributed by atoms with Crippen LogP contribution in [0.1, 0.15) is 5.56 Å². The van der Waals surface area contributed by atoms with Gasteiger partial charge in [0, 0.05) is 18.2 Å². The molecule has 0 aliphatic rings. The number of rotatable bonds is 1. The lowest BCUT2D eigenvalue weighted by Gasteiger charge is -2.07. The number of alkyl halides is 3. The fourth-order valence-corrected chi connectivity index (χ4v) is 2.21. The van der Waals surface area contributed by atoms with E-state index in [-0.39, 0.29) is 0 Å². The third-order valence-corrected chi connectivity index (χ3v) is 3.20. The predicted octanol–water partition coefficient (Wildman–Crippen LogP) is 4.11. The Bertz CT molecular complexity index is 740. The van der Waals surface area contributed by atoms with Gasteiger partial charge in [-0.15, -0.1) is 0 Å². The molecule has 4 heteroatoms. The molecule has 0 saturated carbocycles. The van der Waals surface area contributed by atoms with E-state index in [4.69, 9.17) is 0 Å². The molecule has 1 aromatic carbocycles. The average molecular weight is 274 g/mol. The minimum atomic E-state index is -4.30. The molecule has 0 spiro atoms. The van der Waals surface area contributed by atoms with E-state index in [1.165, 1.54) is 12.1 Å². The lowest BCUT2D eigenvalue weighted by molar-refractivity contribution is -0.511. The molecule has 0 bridgehead atoms. The number of fused-ring (bicyclic) bond motifs is 1. The van der Waals surface area contributed by atoms with Gasteiger partial charge in [-0.2, -0.15) is 17.6 Å². The molecule has 0 aliphatic carbocycles. The molecule has 2 aromatic heterocycles. The standard InChI is InChI=1S/C16H11F3N/c17-16(18,19)13-8-6-12(7-9-13)14-4-3-11-20-10-2-1-5-15(14)20/h1-11H/q+1. The third-order valence-electron chi connectivity index (χ3n) is 3.20. The van der Waals surface area contributed by atoms with Gasteiger partial charge in [0.2, 0.25) is 5.52 Å². The predicted molar refractivity (Wildman–Crippen MR) is 70.0 cm³/mol. The van der Waals surface area contributed by atoms with Crippen LogP contribution in [0.3, 0.4) is 0 Å². The monoisotopic (exact) mass is 274 g/mol. The second-order valence-corrected chi connectivity index (χ2v) is 4.49. The van der Waals surface area contributed by atoms with Crippen molar-refractivity contribution >= 4 is 5.52 Å². The summed E-state index contributed by atoms with van der Waals surface area (Å²) in [5, 5.41) is 0. The number of nitrogens with zero attached hydrogens (tertiary/aromatic N) is 1. The molecular formula is C16H11F3N+. The van der Waals surface area contributed by atoms with Crippen molar-refractivity contribution in [3.8, 4) is 11.1 Å². The highest BCUT2D eigenvalue weighted by molar-refractivity contribution is 5.77. The Morgan fingerprint density at radius 2 is 1.45 bits per heavy atom. The summed E-state index contributed by atoms with van der Waals surface area (Å²) >= 11 is 0. The first-order chi connectivity index (χ1) is 9.55. The number of halogens is 3. The summed E-state index contributed by atoms with van der Waals surface area (Å²) in [5.41, 5.74) is 1.99. The van der Waals surface area contributed by atoms with Gasteiger partial charge >= 0.3 is 6.18 Å². The molecular weight excluding hydrogens is 263 g/mol. The lowest BCUT2D eigenvalue weighted by atomic mass is 10.0. The van der Waals surface area contributed by atoms with E-state index >= 15 is 0 Å². The summed E-state index contributed by atoms with van der Waals surface area (Å²) in [6.07, 6.45) is -0.488. The van der Waals surface area contributed by atoms with Gasteiger partial charge in [0.15, 0.2) is 12.4 Å². The molecule has 100 valence electrons. The molecule has 1 nitrogen and oxygen atoms in total. The van der Waals surface area contributed by atoms with Crippen molar-refractivity contribution in [2.24, 2.45) is 0 Å². The first-order valence-electron chi connectivity index (χ1n) is 6.12. The molecule has 20 heavy (non-hydrogen) atoms. The van der Waals surface area contributed by atoms with Crippen LogP contribution >= 0.6 is 0 Å². The van der Waals surface area contributed by atoms with E-state index in [2.05, 4.69) is 0 Å². The number of pyridine rings is 2. The van der Waals surface area contributed by atoms with E-state index < -0.39 is 11.7 Å². The number of hydrogen-bond donors (Lipinski definition) is 0. The Labute approximate surface area is 113 Å². The molecule has 0 saturated heterocycles. The van der Waals surface area contributed by atoms with Crippen LogP contribution in [0, 0.1) is 0 Å². The molecule has 0 fully saturated rings. The SMILES string of the molecule is FC(F)(F)c1ccc(-c2ccc[n+]3ccccc23)cc1. The normalized spacial score (nSPS) is 11.8. The van der Waals surface area contributed by atoms with Gasteiger partial charge < -0.3 is 0 Å². The van der Waals surface area contributed by atoms with Crippen molar-refractivity contribution in [2.75, 3.05) is 0 Å². The van der Waals surface area contributed by atoms with Gasteiger partial charge in [0.05, 0.1) is 11.1 Å². The second kappa shape index (κ2) is 4.63. The fourth-order valence-electron chi connectivity index (χ4n) is 2.21. The van der Waals surface area contributed by atoms with Crippen LogP contribution in [0.5, 0.6) is 0 Å². The molecule has 0 atom stereocenters. The Morgan fingerprint density at radius 3 is 2.15 bits per heavy atom. The van der Waals surface area contributed by atoms with E-state index in [0.717, 1.165) is 28.8 Å². The van der Waals surface area contributed by atoms with Gasteiger partial charge in [0.1, 0.15) is 0 Å². The minimum Gasteiger partial charge on any atom is -0.167 e. The summed E-state index contributed by atoms with van der Waals surface area (Å²) in [7, 11) is 0. The maximum absolute atomic E-state index is 12.6. The summed E-state index contributed by atoms with van der Waals surface area (Å²) in [6, 6.07) is 14.8. The van der Waals surface area contributed by atoms with Crippen LogP contribution in [0.2, 0.25) is 0 Å². The van der Waals surface area contributed by atoms with Crippen LogP contribution in [-0.2, 0) is 6.18 Å². The molecule has 0 aliphatic heterocycles. The molecule has 2 heterocycles. The van der Waals surface area contributed by atoms with Crippen molar-refractivity contribution in [1.29, 1.82) is 0 Å². The van der Waals surface area contributed by atoms with Crippen molar-refractivity contribution in [1.82, 2.24) is 0 Å². The fraction of sp³-hybridized carbons (Fsp3) is 0.0625. The lowest BCUT2D eigenvalue weighted by Crippen LogP contribution is -2.20. The quantitative estimate of drug-likeness (QED) is 0.588. The van der Waals surface area contributed by atoms with Gasteiger partial charge in [0.25, 0.3) is 0 Å². The molecule has 3 rings (SSSR count). The van der Waals surface area contributed by atoms with Crippen molar-refractivity contribution in [3.63, 3.8) is 0 Å². The Balaban J connectivity index is 2.12. The zero-order valence-corrected chi connectivity index (χ0v) is 10.4. The highest BCUT2D eigenvalue weighted by atomic mass is 19.4. The maximum atomic E-state index is 12.6. The smallest absolute Gasteiger partial charge is 0.167 e. The van der Waals surface area contributed by atoms with Gasteiger partial charge in [-0.05, 0) is 29.8 Å². The van der Waals surface area contributed by atoms with E-state index in [1.807, 2.05) is 47.1 Å². The van der Waals surface area contributed by atoms with Crippen LogP contribution in [0.25, 0.3) is 16.6 Å². The highest BCUT2D eigenvalue weighted by Gasteiger charge is 2.30. The van der Waals surface area contributed by atoms with Gasteiger partial charge in [-0.1, -0.05) is 12.1 Å². The first-order valence-corrected chi connectivity index (χ1v) is 6.12.